The van der Waals surface area contributed by atoms with Gasteiger partial charge in [-0.2, -0.15) is 5.26 Å². The highest BCUT2D eigenvalue weighted by Gasteiger charge is 2.67. The van der Waals surface area contributed by atoms with Crippen molar-refractivity contribution >= 4 is 8.80 Å². The summed E-state index contributed by atoms with van der Waals surface area (Å²) >= 11 is 0. The summed E-state index contributed by atoms with van der Waals surface area (Å²) in [7, 11) is 1.78. The first kappa shape index (κ1) is 18.1. The molecule has 1 saturated heterocycles. The predicted molar refractivity (Wildman–Crippen MR) is 85.2 cm³/mol. The van der Waals surface area contributed by atoms with Crippen LogP contribution in [0, 0.1) is 16.7 Å². The molecule has 0 aliphatic carbocycles. The second kappa shape index (κ2) is 6.32. The Bertz CT molecular complexity index is 593. The number of hydrogen-bond donors (Lipinski definition) is 0. The van der Waals surface area contributed by atoms with Crippen LogP contribution in [-0.4, -0.2) is 36.1 Å². The van der Waals surface area contributed by atoms with Crippen molar-refractivity contribution in [2.75, 3.05) is 21.3 Å². The molecule has 1 aromatic rings. The van der Waals surface area contributed by atoms with E-state index >= 15 is 0 Å². The quantitative estimate of drug-likeness (QED) is 0.587. The molecule has 1 heterocycles. The first-order valence-corrected chi connectivity index (χ1v) is 9.53. The van der Waals surface area contributed by atoms with E-state index in [1.165, 1.54) is 7.11 Å². The molecule has 0 amide bonds. The van der Waals surface area contributed by atoms with Crippen LogP contribution in [0.3, 0.4) is 0 Å². The minimum absolute atomic E-state index is 0.220. The van der Waals surface area contributed by atoms with Gasteiger partial charge in [-0.15, -0.1) is 0 Å². The van der Waals surface area contributed by atoms with Crippen LogP contribution in [0.25, 0.3) is 0 Å². The van der Waals surface area contributed by atoms with E-state index in [0.717, 1.165) is 5.56 Å². The molecule has 0 aromatic heterocycles. The first-order valence-electron chi connectivity index (χ1n) is 7.31. The van der Waals surface area contributed by atoms with Crippen LogP contribution >= 0.6 is 0 Å². The van der Waals surface area contributed by atoms with E-state index < -0.39 is 20.2 Å². The van der Waals surface area contributed by atoms with Gasteiger partial charge >= 0.3 is 8.80 Å². The fraction of sp³-hybridized carbons (Fsp3) is 0.562. The Morgan fingerprint density at radius 3 is 2.09 bits per heavy atom. The van der Waals surface area contributed by atoms with Gasteiger partial charge in [0.25, 0.3) is 5.97 Å². The van der Waals surface area contributed by atoms with Gasteiger partial charge in [-0.3, -0.25) is 0 Å². The van der Waals surface area contributed by atoms with Crippen molar-refractivity contribution < 1.29 is 22.8 Å². The molecule has 6 nitrogen and oxygen atoms in total. The Morgan fingerprint density at radius 1 is 1.13 bits per heavy atom. The van der Waals surface area contributed by atoms with Crippen LogP contribution < -0.4 is 0 Å². The van der Waals surface area contributed by atoms with Crippen LogP contribution in [0.15, 0.2) is 24.3 Å². The zero-order valence-corrected chi connectivity index (χ0v) is 15.4. The summed E-state index contributed by atoms with van der Waals surface area (Å²) in [5.74, 6) is -1.24. The summed E-state index contributed by atoms with van der Waals surface area (Å²) in [5.41, 5.74) is 1.10. The van der Waals surface area contributed by atoms with Gasteiger partial charge in [0.2, 0.25) is 0 Å². The number of nitriles is 1. The average molecular weight is 337 g/mol. The highest BCUT2D eigenvalue weighted by Crippen LogP contribution is 2.59. The monoisotopic (exact) mass is 337 g/mol. The average Bonchev–Trinajstić information content (AvgIpc) is 2.58. The van der Waals surface area contributed by atoms with Gasteiger partial charge in [0.05, 0.1) is 17.0 Å². The summed E-state index contributed by atoms with van der Waals surface area (Å²) < 4.78 is 28.3. The van der Waals surface area contributed by atoms with Crippen molar-refractivity contribution in [1.29, 1.82) is 5.26 Å². The molecule has 1 aromatic carbocycles. The third-order valence-electron chi connectivity index (χ3n) is 4.39. The minimum Gasteiger partial charge on any atom is -0.377 e. The number of nitrogens with zero attached hydrogens (tertiary/aromatic N) is 1. The maximum Gasteiger partial charge on any atom is 0.501 e. The zero-order valence-electron chi connectivity index (χ0n) is 14.4. The number of benzene rings is 1. The third kappa shape index (κ3) is 2.94. The van der Waals surface area contributed by atoms with E-state index in [4.69, 9.17) is 28.0 Å². The highest BCUT2D eigenvalue weighted by molar-refractivity contribution is 6.59. The van der Waals surface area contributed by atoms with E-state index in [1.807, 2.05) is 26.0 Å². The molecule has 0 N–H and O–H groups in total. The zero-order chi connectivity index (χ0) is 17.3. The molecule has 7 heteroatoms. The van der Waals surface area contributed by atoms with E-state index in [-0.39, 0.29) is 6.10 Å². The maximum absolute atomic E-state index is 8.90. The van der Waals surface area contributed by atoms with Gasteiger partial charge in [0.1, 0.15) is 6.10 Å². The Hall–Kier alpha value is -1.27. The molecule has 126 valence electrons. The summed E-state index contributed by atoms with van der Waals surface area (Å²) in [6.45, 7) is 5.79. The second-order valence-electron chi connectivity index (χ2n) is 6.09. The smallest absolute Gasteiger partial charge is 0.377 e. The van der Waals surface area contributed by atoms with Gasteiger partial charge in [-0.05, 0) is 31.5 Å². The lowest BCUT2D eigenvalue weighted by Crippen LogP contribution is -2.68. The lowest BCUT2D eigenvalue weighted by molar-refractivity contribution is -0.504. The van der Waals surface area contributed by atoms with E-state index in [9.17, 15) is 0 Å². The number of rotatable bonds is 6. The molecule has 1 aliphatic rings. The fourth-order valence-electron chi connectivity index (χ4n) is 2.69. The van der Waals surface area contributed by atoms with Crippen LogP contribution in [0.4, 0.5) is 0 Å². The van der Waals surface area contributed by atoms with Gasteiger partial charge in [-0.1, -0.05) is 12.1 Å². The minimum atomic E-state index is -2.85. The van der Waals surface area contributed by atoms with Crippen molar-refractivity contribution in [2.24, 2.45) is 5.41 Å². The van der Waals surface area contributed by atoms with Gasteiger partial charge in [0, 0.05) is 27.9 Å². The van der Waals surface area contributed by atoms with Crippen molar-refractivity contribution in [2.45, 2.75) is 32.5 Å². The summed E-state index contributed by atoms with van der Waals surface area (Å²) in [5, 5.41) is 8.90. The molecular weight excluding hydrogens is 314 g/mol. The summed E-state index contributed by atoms with van der Waals surface area (Å²) in [6.07, 6.45) is -0.220. The summed E-state index contributed by atoms with van der Waals surface area (Å²) in [4.78, 5) is 0. The Kier molecular flexibility index (Phi) is 4.96. The van der Waals surface area contributed by atoms with Gasteiger partial charge in [-0.25, -0.2) is 0 Å². The van der Waals surface area contributed by atoms with E-state index in [2.05, 4.69) is 6.07 Å². The van der Waals surface area contributed by atoms with E-state index in [0.29, 0.717) is 5.56 Å². The van der Waals surface area contributed by atoms with Crippen molar-refractivity contribution in [3.63, 3.8) is 0 Å². The lowest BCUT2D eigenvalue weighted by atomic mass is 9.74. The molecule has 1 fully saturated rings. The van der Waals surface area contributed by atoms with Gasteiger partial charge in [0.15, 0.2) is 0 Å². The Balaban J connectivity index is 2.25. The maximum atomic E-state index is 8.90. The summed E-state index contributed by atoms with van der Waals surface area (Å²) in [6, 6.07) is 9.41. The largest absolute Gasteiger partial charge is 0.501 e. The standard InChI is InChI=1S/C16H23NO5Si/c1-15(2)14(13-9-7-12(11-17)8-10-13)21-16(15,18-3)22-23(6,19-4)20-5/h7-10,14H,1-6H3. The second-order valence-corrected chi connectivity index (χ2v) is 8.83. The topological polar surface area (TPSA) is 69.9 Å². The predicted octanol–water partition coefficient (Wildman–Crippen LogP) is 2.83. The molecule has 0 spiro atoms. The van der Waals surface area contributed by atoms with E-state index in [1.54, 1.807) is 32.9 Å². The number of ether oxygens (including phenoxy) is 2. The fourth-order valence-corrected chi connectivity index (χ4v) is 3.91. The first-order chi connectivity index (χ1) is 10.8. The molecule has 1 aliphatic heterocycles. The van der Waals surface area contributed by atoms with Crippen molar-refractivity contribution in [3.8, 4) is 6.07 Å². The van der Waals surface area contributed by atoms with Crippen LogP contribution in [-0.2, 0) is 22.8 Å². The molecule has 2 rings (SSSR count). The molecule has 0 radical (unpaired) electrons. The molecule has 0 saturated carbocycles. The van der Waals surface area contributed by atoms with Crippen LogP contribution in [0.1, 0.15) is 31.1 Å². The number of hydrogen-bond acceptors (Lipinski definition) is 6. The normalized spacial score (nSPS) is 26.4. The van der Waals surface area contributed by atoms with Crippen molar-refractivity contribution in [3.05, 3.63) is 35.4 Å². The van der Waals surface area contributed by atoms with Gasteiger partial charge < -0.3 is 22.8 Å². The Labute approximate surface area is 138 Å². The van der Waals surface area contributed by atoms with Crippen LogP contribution in [0.5, 0.6) is 0 Å². The van der Waals surface area contributed by atoms with Crippen LogP contribution in [0.2, 0.25) is 6.55 Å². The lowest BCUT2D eigenvalue weighted by Gasteiger charge is -2.59. The molecule has 2 atom stereocenters. The molecule has 2 unspecified atom stereocenters. The SMILES string of the molecule is COC1(O[Si](C)(OC)OC)OC(c2ccc(C#N)cc2)C1(C)C. The molecular formula is C16H23NO5Si. The molecule has 0 bridgehead atoms. The molecule has 23 heavy (non-hydrogen) atoms. The third-order valence-corrected chi connectivity index (χ3v) is 6.51. The van der Waals surface area contributed by atoms with Crippen molar-refractivity contribution in [1.82, 2.24) is 0 Å². The highest BCUT2D eigenvalue weighted by atomic mass is 28.4. The number of methoxy groups -OCH3 is 1. The Morgan fingerprint density at radius 2 is 1.70 bits per heavy atom.